The van der Waals surface area contributed by atoms with E-state index in [4.69, 9.17) is 0 Å². The van der Waals surface area contributed by atoms with Gasteiger partial charge in [-0.1, -0.05) is 12.1 Å². The van der Waals surface area contributed by atoms with Crippen molar-refractivity contribution >= 4 is 0 Å². The fraction of sp³-hybridized carbons (Fsp3) is 0.357. The van der Waals surface area contributed by atoms with E-state index in [1.807, 2.05) is 13.1 Å². The van der Waals surface area contributed by atoms with Crippen LogP contribution in [0.5, 0.6) is 0 Å². The number of benzene rings is 1. The first-order chi connectivity index (χ1) is 9.40. The summed E-state index contributed by atoms with van der Waals surface area (Å²) in [6.45, 7) is 2.68. The quantitative estimate of drug-likeness (QED) is 0.936. The Labute approximate surface area is 114 Å². The van der Waals surface area contributed by atoms with Crippen LogP contribution in [0.1, 0.15) is 29.7 Å². The molecule has 0 aliphatic rings. The Morgan fingerprint density at radius 1 is 1.25 bits per heavy atom. The van der Waals surface area contributed by atoms with Crippen molar-refractivity contribution in [3.8, 4) is 0 Å². The van der Waals surface area contributed by atoms with E-state index >= 15 is 0 Å². The van der Waals surface area contributed by atoms with Crippen molar-refractivity contribution in [2.24, 2.45) is 0 Å². The predicted octanol–water partition coefficient (Wildman–Crippen LogP) is 3.20. The summed E-state index contributed by atoms with van der Waals surface area (Å²) in [5.74, 6) is 0. The van der Waals surface area contributed by atoms with Crippen molar-refractivity contribution in [2.45, 2.75) is 32.2 Å². The van der Waals surface area contributed by atoms with Crippen molar-refractivity contribution in [2.75, 3.05) is 0 Å². The monoisotopic (exact) mass is 284 g/mol. The Morgan fingerprint density at radius 2 is 1.90 bits per heavy atom. The molecule has 1 unspecified atom stereocenters. The van der Waals surface area contributed by atoms with Crippen LogP contribution in [0, 0.1) is 0 Å². The van der Waals surface area contributed by atoms with Gasteiger partial charge in [-0.3, -0.25) is 4.68 Å². The molecule has 0 bridgehead atoms. The molecule has 0 amide bonds. The molecule has 2 rings (SSSR count). The summed E-state index contributed by atoms with van der Waals surface area (Å²) in [6.07, 6.45) is -1.41. The van der Waals surface area contributed by atoms with E-state index < -0.39 is 17.8 Å². The number of hydrogen-bond acceptors (Lipinski definition) is 2. The molecule has 0 saturated carbocycles. The summed E-state index contributed by atoms with van der Waals surface area (Å²) in [4.78, 5) is 0. The second-order valence-corrected chi connectivity index (χ2v) is 4.54. The summed E-state index contributed by atoms with van der Waals surface area (Å²) in [5.41, 5.74) is 0.591. The number of halogens is 3. The minimum atomic E-state index is -4.36. The molecular weight excluding hydrogens is 269 g/mol. The molecule has 0 radical (unpaired) electrons. The van der Waals surface area contributed by atoms with Crippen LogP contribution in [0.4, 0.5) is 13.2 Å². The molecule has 3 nitrogen and oxygen atoms in total. The summed E-state index contributed by atoms with van der Waals surface area (Å²) in [6, 6.07) is 4.57. The molecule has 1 aromatic heterocycles. The van der Waals surface area contributed by atoms with Gasteiger partial charge in [-0.15, -0.1) is 0 Å². The number of alkyl halides is 3. The number of aromatic nitrogens is 2. The third-order valence-corrected chi connectivity index (χ3v) is 3.06. The number of nitrogens with zero attached hydrogens (tertiary/aromatic N) is 2. The maximum atomic E-state index is 12.4. The van der Waals surface area contributed by atoms with E-state index in [-0.39, 0.29) is 0 Å². The molecule has 20 heavy (non-hydrogen) atoms. The highest BCUT2D eigenvalue weighted by atomic mass is 19.4. The second kappa shape index (κ2) is 5.66. The van der Waals surface area contributed by atoms with Crippen molar-refractivity contribution < 1.29 is 18.3 Å². The first kappa shape index (κ1) is 14.6. The van der Waals surface area contributed by atoms with Crippen molar-refractivity contribution in [3.63, 3.8) is 0 Å². The Bertz CT molecular complexity index is 561. The molecule has 6 heteroatoms. The van der Waals surface area contributed by atoms with Crippen LogP contribution < -0.4 is 0 Å². The van der Waals surface area contributed by atoms with Crippen LogP contribution in [0.3, 0.4) is 0 Å². The molecule has 1 atom stereocenters. The van der Waals surface area contributed by atoms with Gasteiger partial charge in [-0.25, -0.2) is 0 Å². The van der Waals surface area contributed by atoms with Crippen LogP contribution in [-0.2, 0) is 19.1 Å². The standard InChI is InChI=1S/C14H15F3N2O/c1-2-19-9-10(8-18-19)7-13(20)11-3-5-12(6-4-11)14(15,16)17/h3-6,8-9,13,20H,2,7H2,1H3. The van der Waals surface area contributed by atoms with Crippen molar-refractivity contribution in [1.29, 1.82) is 0 Å². The fourth-order valence-corrected chi connectivity index (χ4v) is 1.92. The van der Waals surface area contributed by atoms with Crippen LogP contribution >= 0.6 is 0 Å². The molecule has 1 aromatic carbocycles. The fourth-order valence-electron chi connectivity index (χ4n) is 1.92. The molecule has 0 aliphatic carbocycles. The minimum Gasteiger partial charge on any atom is -0.388 e. The van der Waals surface area contributed by atoms with E-state index in [2.05, 4.69) is 5.10 Å². The van der Waals surface area contributed by atoms with Gasteiger partial charge in [0, 0.05) is 19.2 Å². The van der Waals surface area contributed by atoms with Gasteiger partial charge in [0.05, 0.1) is 17.9 Å². The molecule has 1 heterocycles. The summed E-state index contributed by atoms with van der Waals surface area (Å²) >= 11 is 0. The van der Waals surface area contributed by atoms with Gasteiger partial charge < -0.3 is 5.11 Å². The van der Waals surface area contributed by atoms with Crippen molar-refractivity contribution in [1.82, 2.24) is 9.78 Å². The third-order valence-electron chi connectivity index (χ3n) is 3.06. The average molecular weight is 284 g/mol. The zero-order valence-electron chi connectivity index (χ0n) is 10.9. The first-order valence-corrected chi connectivity index (χ1v) is 6.26. The van der Waals surface area contributed by atoms with Gasteiger partial charge >= 0.3 is 6.18 Å². The van der Waals surface area contributed by atoms with Crippen LogP contribution in [-0.4, -0.2) is 14.9 Å². The summed E-state index contributed by atoms with van der Waals surface area (Å²) in [5, 5.41) is 14.1. The zero-order chi connectivity index (χ0) is 14.8. The summed E-state index contributed by atoms with van der Waals surface area (Å²) < 4.78 is 39.0. The molecule has 0 aliphatic heterocycles. The van der Waals surface area contributed by atoms with E-state index in [1.54, 1.807) is 10.9 Å². The number of aliphatic hydroxyl groups is 1. The number of hydrogen-bond donors (Lipinski definition) is 1. The van der Waals surface area contributed by atoms with E-state index in [0.29, 0.717) is 12.0 Å². The highest BCUT2D eigenvalue weighted by molar-refractivity contribution is 5.27. The zero-order valence-corrected chi connectivity index (χ0v) is 10.9. The first-order valence-electron chi connectivity index (χ1n) is 6.26. The van der Waals surface area contributed by atoms with Gasteiger partial charge in [0.1, 0.15) is 0 Å². The maximum Gasteiger partial charge on any atom is 0.416 e. The molecule has 108 valence electrons. The lowest BCUT2D eigenvalue weighted by Crippen LogP contribution is -2.06. The predicted molar refractivity (Wildman–Crippen MR) is 68.0 cm³/mol. The minimum absolute atomic E-state index is 0.325. The summed E-state index contributed by atoms with van der Waals surface area (Å²) in [7, 11) is 0. The molecule has 2 aromatic rings. The molecule has 1 N–H and O–H groups in total. The number of aliphatic hydroxyl groups excluding tert-OH is 1. The van der Waals surface area contributed by atoms with Crippen LogP contribution in [0.2, 0.25) is 0 Å². The lowest BCUT2D eigenvalue weighted by Gasteiger charge is -2.12. The van der Waals surface area contributed by atoms with Gasteiger partial charge in [0.15, 0.2) is 0 Å². The lowest BCUT2D eigenvalue weighted by atomic mass is 10.0. The lowest BCUT2D eigenvalue weighted by molar-refractivity contribution is -0.137. The van der Waals surface area contributed by atoms with Crippen molar-refractivity contribution in [3.05, 3.63) is 53.3 Å². The highest BCUT2D eigenvalue weighted by Gasteiger charge is 2.30. The molecule has 0 fully saturated rings. The number of aryl methyl sites for hydroxylation is 1. The topological polar surface area (TPSA) is 38.0 Å². The third kappa shape index (κ3) is 3.39. The van der Waals surface area contributed by atoms with Gasteiger partial charge in [-0.05, 0) is 30.2 Å². The Balaban J connectivity index is 2.07. The maximum absolute atomic E-state index is 12.4. The SMILES string of the molecule is CCn1cc(CC(O)c2ccc(C(F)(F)F)cc2)cn1. The van der Waals surface area contributed by atoms with E-state index in [0.717, 1.165) is 24.2 Å². The molecular formula is C14H15F3N2O. The van der Waals surface area contributed by atoms with Crippen LogP contribution in [0.15, 0.2) is 36.7 Å². The highest BCUT2D eigenvalue weighted by Crippen LogP contribution is 2.30. The Morgan fingerprint density at radius 3 is 2.40 bits per heavy atom. The second-order valence-electron chi connectivity index (χ2n) is 4.54. The van der Waals surface area contributed by atoms with E-state index in [1.165, 1.54) is 12.1 Å². The van der Waals surface area contributed by atoms with Gasteiger partial charge in [-0.2, -0.15) is 18.3 Å². The largest absolute Gasteiger partial charge is 0.416 e. The normalized spacial score (nSPS) is 13.4. The van der Waals surface area contributed by atoms with Crippen LogP contribution in [0.25, 0.3) is 0 Å². The van der Waals surface area contributed by atoms with E-state index in [9.17, 15) is 18.3 Å². The van der Waals surface area contributed by atoms with Gasteiger partial charge in [0.25, 0.3) is 0 Å². The smallest absolute Gasteiger partial charge is 0.388 e. The number of rotatable bonds is 4. The molecule has 0 spiro atoms. The molecule has 0 saturated heterocycles. The Kier molecular flexibility index (Phi) is 4.13. The average Bonchev–Trinajstić information content (AvgIpc) is 2.85. The Hall–Kier alpha value is -1.82. The van der Waals surface area contributed by atoms with Gasteiger partial charge in [0.2, 0.25) is 0 Å².